The van der Waals surface area contributed by atoms with Crippen molar-refractivity contribution in [1.29, 1.82) is 0 Å². The van der Waals surface area contributed by atoms with Gasteiger partial charge >= 0.3 is 11.9 Å². The van der Waals surface area contributed by atoms with Gasteiger partial charge in [0.2, 0.25) is 0 Å². The second kappa shape index (κ2) is 8.70. The van der Waals surface area contributed by atoms with Crippen molar-refractivity contribution in [2.45, 2.75) is 58.7 Å². The molecule has 1 saturated heterocycles. The Hall–Kier alpha value is -0.660. The van der Waals surface area contributed by atoms with E-state index in [1.54, 1.807) is 0 Å². The van der Waals surface area contributed by atoms with E-state index in [0.29, 0.717) is 11.9 Å². The first kappa shape index (κ1) is 18.4. The van der Waals surface area contributed by atoms with Crippen molar-refractivity contribution in [3.05, 3.63) is 0 Å². The summed E-state index contributed by atoms with van der Waals surface area (Å²) < 4.78 is 22.1. The van der Waals surface area contributed by atoms with Crippen molar-refractivity contribution in [3.8, 4) is 0 Å². The molecule has 0 aliphatic carbocycles. The predicted octanol–water partition coefficient (Wildman–Crippen LogP) is 2.03. The Kier molecular flexibility index (Phi) is 7.62. The predicted molar refractivity (Wildman–Crippen MR) is 79.0 cm³/mol. The number of hydrogen-bond donors (Lipinski definition) is 0. The number of halogens is 1. The molecule has 0 amide bonds. The maximum atomic E-state index is 11.4. The molecule has 1 heterocycles. The second-order valence-electron chi connectivity index (χ2n) is 5.02. The molecule has 1 fully saturated rings. The standard InChI is InChI=1S/C14H23BrO6/c1-5-11-8(2)12(19-9(3)16)13(20-10(4)17)14(21-11)18-7-6-15/h8,11-14H,5-7H2,1-4H3/t8-,11-,12+,13+,14?/m1/s1. The van der Waals surface area contributed by atoms with Crippen molar-refractivity contribution in [1.82, 2.24) is 0 Å². The molecule has 1 unspecified atom stereocenters. The van der Waals surface area contributed by atoms with Gasteiger partial charge in [-0.05, 0) is 6.42 Å². The van der Waals surface area contributed by atoms with Crippen LogP contribution in [0.4, 0.5) is 0 Å². The van der Waals surface area contributed by atoms with Crippen molar-refractivity contribution in [2.24, 2.45) is 5.92 Å². The highest BCUT2D eigenvalue weighted by Crippen LogP contribution is 2.32. The zero-order valence-corrected chi connectivity index (χ0v) is 14.4. The Bertz CT molecular complexity index is 361. The molecule has 0 aromatic heterocycles. The van der Waals surface area contributed by atoms with Crippen LogP contribution in [-0.2, 0) is 28.5 Å². The van der Waals surface area contributed by atoms with Gasteiger partial charge in [-0.3, -0.25) is 9.59 Å². The van der Waals surface area contributed by atoms with E-state index in [4.69, 9.17) is 18.9 Å². The molecule has 1 rings (SSSR count). The average Bonchev–Trinajstić information content (AvgIpc) is 2.41. The van der Waals surface area contributed by atoms with E-state index in [2.05, 4.69) is 15.9 Å². The molecule has 0 bridgehead atoms. The molecule has 0 aromatic carbocycles. The minimum Gasteiger partial charge on any atom is -0.458 e. The Morgan fingerprint density at radius 1 is 1.14 bits per heavy atom. The summed E-state index contributed by atoms with van der Waals surface area (Å²) in [6, 6.07) is 0. The summed E-state index contributed by atoms with van der Waals surface area (Å²) >= 11 is 3.27. The van der Waals surface area contributed by atoms with Crippen LogP contribution in [0.5, 0.6) is 0 Å². The van der Waals surface area contributed by atoms with Gasteiger partial charge in [-0.1, -0.05) is 29.8 Å². The van der Waals surface area contributed by atoms with E-state index >= 15 is 0 Å². The third-order valence-corrected chi connectivity index (χ3v) is 3.70. The third kappa shape index (κ3) is 5.23. The zero-order chi connectivity index (χ0) is 16.0. The number of carbonyl (C=O) groups excluding carboxylic acids is 2. The molecule has 7 heteroatoms. The summed E-state index contributed by atoms with van der Waals surface area (Å²) in [6.07, 6.45) is -1.45. The molecular weight excluding hydrogens is 344 g/mol. The SMILES string of the molecule is CC[C@H]1OC(OCCBr)[C@@H](OC(C)=O)[C@@H](OC(C)=O)[C@@H]1C. The maximum absolute atomic E-state index is 11.4. The van der Waals surface area contributed by atoms with Crippen LogP contribution in [0.15, 0.2) is 0 Å². The van der Waals surface area contributed by atoms with Crippen LogP contribution >= 0.6 is 15.9 Å². The lowest BCUT2D eigenvalue weighted by molar-refractivity contribution is -0.288. The molecule has 21 heavy (non-hydrogen) atoms. The summed E-state index contributed by atoms with van der Waals surface area (Å²) in [7, 11) is 0. The lowest BCUT2D eigenvalue weighted by Gasteiger charge is -2.43. The van der Waals surface area contributed by atoms with E-state index in [1.807, 2.05) is 13.8 Å². The Labute approximate surface area is 133 Å². The van der Waals surface area contributed by atoms with E-state index in [0.717, 1.165) is 6.42 Å². The summed E-state index contributed by atoms with van der Waals surface area (Å²) in [4.78, 5) is 22.7. The molecule has 1 aliphatic rings. The highest BCUT2D eigenvalue weighted by atomic mass is 79.9. The van der Waals surface area contributed by atoms with Crippen molar-refractivity contribution < 1.29 is 28.5 Å². The first-order valence-electron chi connectivity index (χ1n) is 7.08. The highest BCUT2D eigenvalue weighted by Gasteiger charge is 2.47. The Balaban J connectivity index is 2.97. The summed E-state index contributed by atoms with van der Waals surface area (Å²) in [5.74, 6) is -0.970. The Morgan fingerprint density at radius 3 is 2.19 bits per heavy atom. The number of hydrogen-bond acceptors (Lipinski definition) is 6. The van der Waals surface area contributed by atoms with Gasteiger partial charge in [0.05, 0.1) is 12.7 Å². The van der Waals surface area contributed by atoms with Gasteiger partial charge in [-0.15, -0.1) is 0 Å². The first-order valence-corrected chi connectivity index (χ1v) is 8.20. The third-order valence-electron chi connectivity index (χ3n) is 3.37. The van der Waals surface area contributed by atoms with Crippen LogP contribution < -0.4 is 0 Å². The molecule has 1 aliphatic heterocycles. The van der Waals surface area contributed by atoms with Crippen molar-refractivity contribution in [2.75, 3.05) is 11.9 Å². The monoisotopic (exact) mass is 366 g/mol. The van der Waals surface area contributed by atoms with Gasteiger partial charge in [0, 0.05) is 25.1 Å². The fourth-order valence-corrected chi connectivity index (χ4v) is 2.67. The number of ether oxygens (including phenoxy) is 4. The topological polar surface area (TPSA) is 71.1 Å². The van der Waals surface area contributed by atoms with Crippen LogP contribution in [0.3, 0.4) is 0 Å². The van der Waals surface area contributed by atoms with E-state index in [1.165, 1.54) is 13.8 Å². The highest BCUT2D eigenvalue weighted by molar-refractivity contribution is 9.09. The summed E-state index contributed by atoms with van der Waals surface area (Å²) in [5.41, 5.74) is 0. The molecule has 122 valence electrons. The first-order chi connectivity index (χ1) is 9.90. The lowest BCUT2D eigenvalue weighted by atomic mass is 9.89. The van der Waals surface area contributed by atoms with Crippen LogP contribution in [0.2, 0.25) is 0 Å². The van der Waals surface area contributed by atoms with Gasteiger partial charge in [-0.25, -0.2) is 0 Å². The van der Waals surface area contributed by atoms with Gasteiger partial charge in [0.15, 0.2) is 12.4 Å². The number of carbonyl (C=O) groups is 2. The van der Waals surface area contributed by atoms with E-state index in [9.17, 15) is 9.59 Å². The van der Waals surface area contributed by atoms with E-state index < -0.39 is 30.4 Å². The second-order valence-corrected chi connectivity index (χ2v) is 5.81. The minimum atomic E-state index is -0.761. The lowest BCUT2D eigenvalue weighted by Crippen LogP contribution is -2.57. The van der Waals surface area contributed by atoms with Gasteiger partial charge in [0.1, 0.15) is 6.10 Å². The largest absolute Gasteiger partial charge is 0.458 e. The van der Waals surface area contributed by atoms with Gasteiger partial charge < -0.3 is 18.9 Å². The van der Waals surface area contributed by atoms with E-state index in [-0.39, 0.29) is 12.0 Å². The van der Waals surface area contributed by atoms with Crippen molar-refractivity contribution >= 4 is 27.9 Å². The molecule has 6 nitrogen and oxygen atoms in total. The molecular formula is C14H23BrO6. The molecule has 0 radical (unpaired) electrons. The van der Waals surface area contributed by atoms with Crippen LogP contribution in [-0.4, -0.2) is 48.5 Å². The van der Waals surface area contributed by atoms with Gasteiger partial charge in [-0.2, -0.15) is 0 Å². The van der Waals surface area contributed by atoms with Crippen LogP contribution in [0.25, 0.3) is 0 Å². The molecule has 0 saturated carbocycles. The fourth-order valence-electron chi connectivity index (χ4n) is 2.48. The smallest absolute Gasteiger partial charge is 0.303 e. The minimum absolute atomic E-state index is 0.0907. The number of rotatable bonds is 6. The normalized spacial score (nSPS) is 32.5. The van der Waals surface area contributed by atoms with Crippen LogP contribution in [0.1, 0.15) is 34.1 Å². The Morgan fingerprint density at radius 2 is 1.71 bits per heavy atom. The molecule has 0 N–H and O–H groups in total. The number of esters is 2. The summed E-state index contributed by atoms with van der Waals surface area (Å²) in [6.45, 7) is 6.95. The summed E-state index contributed by atoms with van der Waals surface area (Å²) in [5, 5.41) is 0.629. The van der Waals surface area contributed by atoms with Crippen molar-refractivity contribution in [3.63, 3.8) is 0 Å². The quantitative estimate of drug-likeness (QED) is 0.529. The number of alkyl halides is 1. The zero-order valence-electron chi connectivity index (χ0n) is 12.8. The molecule has 0 aromatic rings. The molecule has 0 spiro atoms. The maximum Gasteiger partial charge on any atom is 0.303 e. The fraction of sp³-hybridized carbons (Fsp3) is 0.857. The average molecular weight is 367 g/mol. The van der Waals surface area contributed by atoms with Gasteiger partial charge in [0.25, 0.3) is 0 Å². The molecule has 5 atom stereocenters. The van der Waals surface area contributed by atoms with Crippen LogP contribution in [0, 0.1) is 5.92 Å².